The Balaban J connectivity index is 1.56. The van der Waals surface area contributed by atoms with E-state index in [0.29, 0.717) is 5.92 Å². The summed E-state index contributed by atoms with van der Waals surface area (Å²) < 4.78 is 38.7. The number of halogens is 1. The molecule has 3 rings (SSSR count). The van der Waals surface area contributed by atoms with E-state index < -0.39 is 15.7 Å². The number of rotatable bonds is 7. The van der Waals surface area contributed by atoms with E-state index in [0.717, 1.165) is 38.6 Å². The summed E-state index contributed by atoms with van der Waals surface area (Å²) >= 11 is 0. The van der Waals surface area contributed by atoms with Gasteiger partial charge in [0.2, 0.25) is 0 Å². The smallest absolute Gasteiger partial charge is 0.193 e. The van der Waals surface area contributed by atoms with E-state index >= 15 is 0 Å². The Morgan fingerprint density at radius 3 is 2.69 bits per heavy atom. The normalized spacial score (nSPS) is 21.5. The minimum atomic E-state index is -3.69. The third kappa shape index (κ3) is 6.15. The number of likely N-dealkylation sites (tertiary alicyclic amines) is 2. The average Bonchev–Trinajstić information content (AvgIpc) is 3.16. The molecule has 2 aliphatic rings. The molecule has 0 spiro atoms. The van der Waals surface area contributed by atoms with Crippen LogP contribution in [0.25, 0.3) is 0 Å². The zero-order valence-corrected chi connectivity index (χ0v) is 18.1. The molecule has 1 unspecified atom stereocenters. The van der Waals surface area contributed by atoms with Crippen LogP contribution >= 0.6 is 0 Å². The maximum absolute atomic E-state index is 13.8. The molecule has 0 aliphatic carbocycles. The Kier molecular flexibility index (Phi) is 7.89. The molecule has 29 heavy (non-hydrogen) atoms. The minimum absolute atomic E-state index is 0.117. The first kappa shape index (κ1) is 22.0. The molecule has 162 valence electrons. The number of benzene rings is 1. The number of nitrogens with one attached hydrogen (secondary N) is 1. The second kappa shape index (κ2) is 10.4. The number of nitrogens with zero attached hydrogens (tertiary/aromatic N) is 3. The fourth-order valence-electron chi connectivity index (χ4n) is 4.19. The van der Waals surface area contributed by atoms with Gasteiger partial charge < -0.3 is 15.1 Å². The van der Waals surface area contributed by atoms with Crippen molar-refractivity contribution in [2.75, 3.05) is 51.6 Å². The molecule has 0 saturated carbocycles. The molecule has 1 N–H and O–H groups in total. The first-order valence-electron chi connectivity index (χ1n) is 10.7. The number of hydrogen-bond acceptors (Lipinski definition) is 4. The van der Waals surface area contributed by atoms with Crippen molar-refractivity contribution in [1.82, 2.24) is 15.1 Å². The molecular weight excluding hydrogens is 391 g/mol. The molecule has 2 fully saturated rings. The van der Waals surface area contributed by atoms with Gasteiger partial charge in [-0.15, -0.1) is 0 Å². The Morgan fingerprint density at radius 2 is 1.97 bits per heavy atom. The molecule has 8 heteroatoms. The highest BCUT2D eigenvalue weighted by Crippen LogP contribution is 2.20. The van der Waals surface area contributed by atoms with Gasteiger partial charge in [-0.05, 0) is 57.3 Å². The highest BCUT2D eigenvalue weighted by Gasteiger charge is 2.27. The van der Waals surface area contributed by atoms with Crippen LogP contribution in [0.1, 0.15) is 32.6 Å². The van der Waals surface area contributed by atoms with Crippen LogP contribution in [0.15, 0.2) is 34.2 Å². The summed E-state index contributed by atoms with van der Waals surface area (Å²) in [5.41, 5.74) is 0. The predicted molar refractivity (Wildman–Crippen MR) is 114 cm³/mol. The van der Waals surface area contributed by atoms with Crippen molar-refractivity contribution in [3.63, 3.8) is 0 Å². The van der Waals surface area contributed by atoms with E-state index in [1.54, 1.807) is 0 Å². The molecule has 2 heterocycles. The van der Waals surface area contributed by atoms with Gasteiger partial charge in [0.25, 0.3) is 0 Å². The topological polar surface area (TPSA) is 65.0 Å². The largest absolute Gasteiger partial charge is 0.357 e. The summed E-state index contributed by atoms with van der Waals surface area (Å²) in [4.78, 5) is 9.09. The fourth-order valence-corrected chi connectivity index (χ4v) is 5.39. The first-order chi connectivity index (χ1) is 14.0. The summed E-state index contributed by atoms with van der Waals surface area (Å²) in [6.07, 6.45) is 5.09. The van der Waals surface area contributed by atoms with Crippen molar-refractivity contribution < 1.29 is 12.8 Å². The first-order valence-corrected chi connectivity index (χ1v) is 12.4. The van der Waals surface area contributed by atoms with Crippen LogP contribution in [0.5, 0.6) is 0 Å². The van der Waals surface area contributed by atoms with Gasteiger partial charge in [-0.1, -0.05) is 18.6 Å². The highest BCUT2D eigenvalue weighted by atomic mass is 32.2. The van der Waals surface area contributed by atoms with Crippen molar-refractivity contribution in [3.05, 3.63) is 30.1 Å². The van der Waals surface area contributed by atoms with Gasteiger partial charge in [-0.2, -0.15) is 0 Å². The standard InChI is InChI=1S/C21H33FN4O2S/c1-2-23-21(24-11-15-29(27,28)20-9-5-4-8-19(20)22)26-14-10-18(17-26)16-25-12-6-3-7-13-25/h4-5,8-9,18H,2-3,6-7,10-17H2,1H3,(H,23,24). The predicted octanol–water partition coefficient (Wildman–Crippen LogP) is 2.37. The second-order valence-electron chi connectivity index (χ2n) is 7.95. The van der Waals surface area contributed by atoms with E-state index in [1.165, 1.54) is 56.6 Å². The molecule has 6 nitrogen and oxygen atoms in total. The van der Waals surface area contributed by atoms with E-state index in [2.05, 4.69) is 20.1 Å². The number of aliphatic imine (C=N–C) groups is 1. The Hall–Kier alpha value is -1.67. The summed E-state index contributed by atoms with van der Waals surface area (Å²) in [6, 6.07) is 5.51. The molecular formula is C21H33FN4O2S. The monoisotopic (exact) mass is 424 g/mol. The average molecular weight is 425 g/mol. The van der Waals surface area contributed by atoms with E-state index in [1.807, 2.05) is 6.92 Å². The fraction of sp³-hybridized carbons (Fsp3) is 0.667. The van der Waals surface area contributed by atoms with Crippen LogP contribution in [0.3, 0.4) is 0 Å². The zero-order valence-electron chi connectivity index (χ0n) is 17.3. The molecule has 1 aromatic rings. The summed E-state index contributed by atoms with van der Waals surface area (Å²) in [6.45, 7) is 8.28. The molecule has 2 aliphatic heterocycles. The molecule has 0 amide bonds. The van der Waals surface area contributed by atoms with Crippen molar-refractivity contribution in [2.24, 2.45) is 10.9 Å². The van der Waals surface area contributed by atoms with Gasteiger partial charge in [-0.25, -0.2) is 12.8 Å². The van der Waals surface area contributed by atoms with E-state index in [9.17, 15) is 12.8 Å². The van der Waals surface area contributed by atoms with Crippen LogP contribution in [-0.4, -0.2) is 75.7 Å². The molecule has 0 aromatic heterocycles. The second-order valence-corrected chi connectivity index (χ2v) is 10.0. The van der Waals surface area contributed by atoms with Crippen LogP contribution in [-0.2, 0) is 9.84 Å². The molecule has 0 bridgehead atoms. The quantitative estimate of drug-likeness (QED) is 0.538. The van der Waals surface area contributed by atoms with Crippen molar-refractivity contribution in [2.45, 2.75) is 37.5 Å². The van der Waals surface area contributed by atoms with Gasteiger partial charge in [-0.3, -0.25) is 4.99 Å². The molecule has 1 aromatic carbocycles. The summed E-state index contributed by atoms with van der Waals surface area (Å²) in [7, 11) is -3.69. The van der Waals surface area contributed by atoms with E-state index in [-0.39, 0.29) is 17.2 Å². The molecule has 2 saturated heterocycles. The SMILES string of the molecule is CCNC(=NCCS(=O)(=O)c1ccccc1F)N1CCC(CN2CCCCC2)C1. The van der Waals surface area contributed by atoms with Crippen molar-refractivity contribution in [3.8, 4) is 0 Å². The van der Waals surface area contributed by atoms with E-state index in [4.69, 9.17) is 0 Å². The zero-order chi connectivity index (χ0) is 20.7. The van der Waals surface area contributed by atoms with Crippen LogP contribution in [0, 0.1) is 11.7 Å². The van der Waals surface area contributed by atoms with Crippen LogP contribution < -0.4 is 5.32 Å². The lowest BCUT2D eigenvalue weighted by molar-refractivity contribution is 0.198. The maximum atomic E-state index is 13.8. The van der Waals surface area contributed by atoms with Gasteiger partial charge in [0.05, 0.1) is 12.3 Å². The van der Waals surface area contributed by atoms with Crippen molar-refractivity contribution >= 4 is 15.8 Å². The maximum Gasteiger partial charge on any atom is 0.193 e. The molecule has 1 atom stereocenters. The lowest BCUT2D eigenvalue weighted by Crippen LogP contribution is -2.41. The van der Waals surface area contributed by atoms with Crippen LogP contribution in [0.4, 0.5) is 4.39 Å². The summed E-state index contributed by atoms with van der Waals surface area (Å²) in [5, 5.41) is 3.28. The number of sulfone groups is 1. The van der Waals surface area contributed by atoms with Gasteiger partial charge >= 0.3 is 0 Å². The lowest BCUT2D eigenvalue weighted by Gasteiger charge is -2.29. The number of hydrogen-bond donors (Lipinski definition) is 1. The number of piperidine rings is 1. The third-order valence-electron chi connectivity index (χ3n) is 5.68. The lowest BCUT2D eigenvalue weighted by atomic mass is 10.1. The van der Waals surface area contributed by atoms with Crippen LogP contribution in [0.2, 0.25) is 0 Å². The number of guanidine groups is 1. The highest BCUT2D eigenvalue weighted by molar-refractivity contribution is 7.91. The minimum Gasteiger partial charge on any atom is -0.357 e. The Bertz CT molecular complexity index is 794. The Morgan fingerprint density at radius 1 is 1.21 bits per heavy atom. The molecule has 0 radical (unpaired) electrons. The van der Waals surface area contributed by atoms with Crippen molar-refractivity contribution in [1.29, 1.82) is 0 Å². The third-order valence-corrected chi connectivity index (χ3v) is 7.40. The summed E-state index contributed by atoms with van der Waals surface area (Å²) in [5.74, 6) is 0.480. The van der Waals surface area contributed by atoms with Gasteiger partial charge in [0, 0.05) is 26.2 Å². The van der Waals surface area contributed by atoms with Gasteiger partial charge in [0.1, 0.15) is 10.7 Å². The van der Waals surface area contributed by atoms with Gasteiger partial charge in [0.15, 0.2) is 15.8 Å². The Labute approximate surface area is 174 Å².